The van der Waals surface area contributed by atoms with Crippen LogP contribution in [0.2, 0.25) is 5.02 Å². The second-order valence-electron chi connectivity index (χ2n) is 8.55. The van der Waals surface area contributed by atoms with E-state index >= 15 is 0 Å². The van der Waals surface area contributed by atoms with Crippen molar-refractivity contribution in [2.24, 2.45) is 0 Å². The van der Waals surface area contributed by atoms with Crippen molar-refractivity contribution in [2.45, 2.75) is 43.9 Å². The van der Waals surface area contributed by atoms with Crippen LogP contribution in [0.15, 0.2) is 66.7 Å². The minimum atomic E-state index is -1.41. The Labute approximate surface area is 209 Å². The van der Waals surface area contributed by atoms with Gasteiger partial charge in [0.25, 0.3) is 0 Å². The van der Waals surface area contributed by atoms with Gasteiger partial charge in [-0.2, -0.15) is 0 Å². The number of nitrogens with two attached hydrogens (primary N) is 1. The number of anilines is 1. The van der Waals surface area contributed by atoms with E-state index in [-0.39, 0.29) is 6.61 Å². The normalized spacial score (nSPS) is 24.2. The Morgan fingerprint density at radius 1 is 0.886 bits per heavy atom. The number of halogens is 1. The van der Waals surface area contributed by atoms with Crippen LogP contribution in [0.5, 0.6) is 11.5 Å². The molecule has 0 saturated carbocycles. The zero-order valence-corrected chi connectivity index (χ0v) is 20.1. The Balaban J connectivity index is 1.51. The van der Waals surface area contributed by atoms with Gasteiger partial charge in [0.2, 0.25) is 0 Å². The summed E-state index contributed by atoms with van der Waals surface area (Å²) in [5, 5.41) is 32.3. The maximum atomic E-state index is 10.7. The smallest absolute Gasteiger partial charge is 0.121 e. The van der Waals surface area contributed by atoms with Gasteiger partial charge in [0.15, 0.2) is 0 Å². The molecule has 4 rings (SSSR count). The average Bonchev–Trinajstić information content (AvgIpc) is 2.85. The third-order valence-electron chi connectivity index (χ3n) is 6.01. The monoisotopic (exact) mass is 499 g/mol. The van der Waals surface area contributed by atoms with E-state index in [0.29, 0.717) is 35.1 Å². The number of nitrogen functional groups attached to an aromatic ring is 1. The molecule has 0 spiro atoms. The van der Waals surface area contributed by atoms with Crippen LogP contribution in [0.1, 0.15) is 29.7 Å². The van der Waals surface area contributed by atoms with Gasteiger partial charge < -0.3 is 35.3 Å². The molecule has 8 heteroatoms. The van der Waals surface area contributed by atoms with E-state index in [0.717, 1.165) is 16.9 Å². The van der Waals surface area contributed by atoms with Gasteiger partial charge in [-0.1, -0.05) is 41.9 Å². The van der Waals surface area contributed by atoms with E-state index in [9.17, 15) is 15.3 Å². The van der Waals surface area contributed by atoms with Crippen molar-refractivity contribution in [3.63, 3.8) is 0 Å². The molecule has 0 bridgehead atoms. The molecule has 5 N–H and O–H groups in total. The summed E-state index contributed by atoms with van der Waals surface area (Å²) in [5.74, 6) is 1.32. The first-order valence-electron chi connectivity index (χ1n) is 11.5. The van der Waals surface area contributed by atoms with Gasteiger partial charge in [0, 0.05) is 16.8 Å². The molecule has 1 aliphatic rings. The number of benzene rings is 3. The van der Waals surface area contributed by atoms with Crippen molar-refractivity contribution in [3.8, 4) is 11.5 Å². The van der Waals surface area contributed by atoms with E-state index in [2.05, 4.69) is 0 Å². The van der Waals surface area contributed by atoms with Crippen LogP contribution < -0.4 is 15.2 Å². The average molecular weight is 500 g/mol. The number of hydrogen-bond acceptors (Lipinski definition) is 7. The lowest BCUT2D eigenvalue weighted by Gasteiger charge is -2.40. The second kappa shape index (κ2) is 11.3. The lowest BCUT2D eigenvalue weighted by molar-refractivity contribution is -0.230. The first kappa shape index (κ1) is 25.3. The molecule has 1 aliphatic heterocycles. The van der Waals surface area contributed by atoms with E-state index in [1.807, 2.05) is 37.3 Å². The molecular weight excluding hydrogens is 470 g/mol. The Kier molecular flexibility index (Phi) is 8.15. The largest absolute Gasteiger partial charge is 0.494 e. The highest BCUT2D eigenvalue weighted by Crippen LogP contribution is 2.35. The molecule has 0 aliphatic carbocycles. The number of rotatable bonds is 8. The topological polar surface area (TPSA) is 114 Å². The van der Waals surface area contributed by atoms with Crippen molar-refractivity contribution in [2.75, 3.05) is 18.9 Å². The van der Waals surface area contributed by atoms with Crippen LogP contribution in [-0.2, 0) is 11.2 Å². The first-order chi connectivity index (χ1) is 16.9. The van der Waals surface area contributed by atoms with Crippen LogP contribution in [0.25, 0.3) is 0 Å². The summed E-state index contributed by atoms with van der Waals surface area (Å²) in [6.07, 6.45) is -5.24. The van der Waals surface area contributed by atoms with Gasteiger partial charge in [-0.3, -0.25) is 0 Å². The Morgan fingerprint density at radius 3 is 2.37 bits per heavy atom. The summed E-state index contributed by atoms with van der Waals surface area (Å²) >= 11 is 6.47. The quantitative estimate of drug-likeness (QED) is 0.351. The predicted molar refractivity (Wildman–Crippen MR) is 134 cm³/mol. The van der Waals surface area contributed by atoms with Crippen molar-refractivity contribution in [1.29, 1.82) is 0 Å². The fourth-order valence-corrected chi connectivity index (χ4v) is 4.33. The van der Waals surface area contributed by atoms with Gasteiger partial charge in [-0.05, 0) is 60.4 Å². The van der Waals surface area contributed by atoms with Crippen molar-refractivity contribution in [3.05, 3.63) is 88.4 Å². The number of aliphatic hydroxyl groups excluding tert-OH is 3. The fraction of sp³-hybridized carbons (Fsp3) is 0.333. The fourth-order valence-electron chi connectivity index (χ4n) is 4.14. The highest BCUT2D eigenvalue weighted by molar-refractivity contribution is 6.31. The van der Waals surface area contributed by atoms with Crippen LogP contribution >= 0.6 is 11.6 Å². The Bertz CT molecular complexity index is 1120. The lowest BCUT2D eigenvalue weighted by Crippen LogP contribution is -2.55. The standard InChI is InChI=1S/C27H30ClNO6/c1-2-33-20-9-6-16(7-10-20)12-18-13-17(8-11-22(18)28)27-26(32)25(31)24(30)23(35-27)15-34-21-5-3-4-19(29)14-21/h3-11,13-14,23-27,30-32H,2,12,15,29H2,1H3/t23-,24-,25+,26-,27+/m1/s1. The van der Waals surface area contributed by atoms with Crippen LogP contribution in [-0.4, -0.2) is 52.9 Å². The number of ether oxygens (including phenoxy) is 3. The summed E-state index contributed by atoms with van der Waals surface area (Å²) in [5.41, 5.74) is 8.86. The maximum absolute atomic E-state index is 10.7. The van der Waals surface area contributed by atoms with Crippen molar-refractivity contribution in [1.82, 2.24) is 0 Å². The Morgan fingerprint density at radius 2 is 1.66 bits per heavy atom. The third kappa shape index (κ3) is 6.07. The van der Waals surface area contributed by atoms with Gasteiger partial charge in [0.1, 0.15) is 48.6 Å². The molecule has 7 nitrogen and oxygen atoms in total. The molecule has 35 heavy (non-hydrogen) atoms. The zero-order chi connectivity index (χ0) is 24.9. The molecule has 1 saturated heterocycles. The van der Waals surface area contributed by atoms with Gasteiger partial charge >= 0.3 is 0 Å². The molecule has 186 valence electrons. The molecule has 1 heterocycles. The summed E-state index contributed by atoms with van der Waals surface area (Å²) in [7, 11) is 0. The zero-order valence-electron chi connectivity index (χ0n) is 19.4. The predicted octanol–water partition coefficient (Wildman–Crippen LogP) is 3.51. The minimum Gasteiger partial charge on any atom is -0.494 e. The molecule has 3 aromatic rings. The molecule has 0 radical (unpaired) electrons. The third-order valence-corrected chi connectivity index (χ3v) is 6.38. The molecule has 3 aromatic carbocycles. The second-order valence-corrected chi connectivity index (χ2v) is 8.96. The summed E-state index contributed by atoms with van der Waals surface area (Å²) in [6, 6.07) is 20.0. The molecule has 0 amide bonds. The number of aliphatic hydroxyl groups is 3. The van der Waals surface area contributed by atoms with Crippen LogP contribution in [0.3, 0.4) is 0 Å². The van der Waals surface area contributed by atoms with Gasteiger partial charge in [-0.25, -0.2) is 0 Å². The van der Waals surface area contributed by atoms with Crippen LogP contribution in [0, 0.1) is 0 Å². The summed E-state index contributed by atoms with van der Waals surface area (Å²) in [4.78, 5) is 0. The van der Waals surface area contributed by atoms with Gasteiger partial charge in [-0.15, -0.1) is 0 Å². The Hall–Kier alpha value is -2.81. The van der Waals surface area contributed by atoms with E-state index < -0.39 is 30.5 Å². The summed E-state index contributed by atoms with van der Waals surface area (Å²) in [6.45, 7) is 2.51. The van der Waals surface area contributed by atoms with E-state index in [4.69, 9.17) is 31.5 Å². The molecule has 5 atom stereocenters. The van der Waals surface area contributed by atoms with E-state index in [1.54, 1.807) is 36.4 Å². The maximum Gasteiger partial charge on any atom is 0.121 e. The highest BCUT2D eigenvalue weighted by Gasteiger charge is 2.44. The lowest BCUT2D eigenvalue weighted by atomic mass is 9.90. The highest BCUT2D eigenvalue weighted by atomic mass is 35.5. The summed E-state index contributed by atoms with van der Waals surface area (Å²) < 4.78 is 17.3. The van der Waals surface area contributed by atoms with Crippen molar-refractivity contribution < 1.29 is 29.5 Å². The molecule has 0 aromatic heterocycles. The molecule has 0 unspecified atom stereocenters. The molecular formula is C27H30ClNO6. The minimum absolute atomic E-state index is 0.0302. The van der Waals surface area contributed by atoms with Gasteiger partial charge in [0.05, 0.1) is 6.61 Å². The SMILES string of the molecule is CCOc1ccc(Cc2cc([C@@H]3O[C@H](COc4cccc(N)c4)[C@@H](O)[C@H](O)[C@H]3O)ccc2Cl)cc1. The number of hydrogen-bond donors (Lipinski definition) is 4. The van der Waals surface area contributed by atoms with Crippen molar-refractivity contribution >= 4 is 17.3 Å². The van der Waals surface area contributed by atoms with E-state index in [1.165, 1.54) is 0 Å². The first-order valence-corrected chi connectivity index (χ1v) is 11.9. The molecule has 1 fully saturated rings. The van der Waals surface area contributed by atoms with Crippen LogP contribution in [0.4, 0.5) is 5.69 Å².